The number of H-pyrrole nitrogens is 1. The van der Waals surface area contributed by atoms with Crippen LogP contribution in [0.5, 0.6) is 46.4 Å². The van der Waals surface area contributed by atoms with Gasteiger partial charge in [0, 0.05) is 198 Å². The Bertz CT molecular complexity index is 6920. The number of carbonyl (C=O) groups excluding carboxylic acids is 5. The van der Waals surface area contributed by atoms with Gasteiger partial charge < -0.3 is 129 Å². The number of aromatic nitrogens is 10. The van der Waals surface area contributed by atoms with Crippen molar-refractivity contribution in [2.45, 2.75) is 162 Å². The monoisotopic (exact) mass is 2060 g/mol. The third-order valence-electron chi connectivity index (χ3n) is 27.9. The van der Waals surface area contributed by atoms with Crippen LogP contribution in [-0.4, -0.2) is 282 Å². The van der Waals surface area contributed by atoms with Gasteiger partial charge in [-0.05, 0) is 91.8 Å². The lowest BCUT2D eigenvalue weighted by Crippen LogP contribution is -2.37. The van der Waals surface area contributed by atoms with E-state index in [2.05, 4.69) is 141 Å². The summed E-state index contributed by atoms with van der Waals surface area (Å²) < 4.78 is 81.1. The van der Waals surface area contributed by atoms with Gasteiger partial charge in [-0.15, -0.1) is 11.3 Å². The highest BCUT2D eigenvalue weighted by Gasteiger charge is 2.43. The van der Waals surface area contributed by atoms with E-state index in [0.717, 1.165) is 205 Å². The fraction of sp³-hybridized carbons (Fsp3) is 0.491. The molecule has 0 radical (unpaired) electrons. The number of rotatable bonds is 17. The highest BCUT2D eigenvalue weighted by molar-refractivity contribution is 7.18. The molecule has 5 saturated heterocycles. The molecule has 0 bridgehead atoms. The summed E-state index contributed by atoms with van der Waals surface area (Å²) in [6.45, 7) is 40.2. The molecule has 0 saturated carbocycles. The van der Waals surface area contributed by atoms with Crippen LogP contribution < -0.4 is 100 Å². The number of aryl methyl sites for hydroxylation is 1. The van der Waals surface area contributed by atoms with Gasteiger partial charge in [-0.1, -0.05) is 20.8 Å². The highest BCUT2D eigenvalue weighted by atomic mass is 32.1. The summed E-state index contributed by atoms with van der Waals surface area (Å²) >= 11 is 1.37. The Kier molecular flexibility index (Phi) is 28.9. The minimum atomic E-state index is -0.652. The van der Waals surface area contributed by atoms with Gasteiger partial charge in [-0.25, -0.2) is 29.1 Å². The number of hydrogen-bond donors (Lipinski definition) is 9. The molecule has 3 unspecified atom stereocenters. The van der Waals surface area contributed by atoms with Gasteiger partial charge in [-0.3, -0.25) is 28.8 Å². The number of aliphatic hydroxyl groups is 2. The zero-order valence-corrected chi connectivity index (χ0v) is 86.6. The lowest BCUT2D eigenvalue weighted by Gasteiger charge is -2.31. The van der Waals surface area contributed by atoms with Gasteiger partial charge >= 0.3 is 0 Å². The quantitative estimate of drug-likeness (QED) is 0.0409. The second-order valence-electron chi connectivity index (χ2n) is 42.7. The number of amides is 5. The number of aromatic amines is 1. The van der Waals surface area contributed by atoms with Crippen molar-refractivity contribution in [2.24, 2.45) is 11.3 Å². The molecule has 24 rings (SSSR count). The van der Waals surface area contributed by atoms with E-state index in [4.69, 9.17) is 67.3 Å². The van der Waals surface area contributed by atoms with Crippen molar-refractivity contribution in [3.63, 3.8) is 0 Å². The van der Waals surface area contributed by atoms with Gasteiger partial charge in [0.1, 0.15) is 85.7 Å². The number of nitrogen functional groups attached to an aromatic ring is 1. The molecule has 42 nitrogen and oxygen atoms in total. The molecular formula is C106H129N21O21S. The van der Waals surface area contributed by atoms with Gasteiger partial charge in [0.15, 0.2) is 5.69 Å². The molecule has 3 atom stereocenters. The fourth-order valence-corrected chi connectivity index (χ4v) is 21.4. The highest BCUT2D eigenvalue weighted by Crippen LogP contribution is 2.50. The molecule has 13 aliphatic heterocycles. The first-order valence-electron chi connectivity index (χ1n) is 50.9. The maximum absolute atomic E-state index is 13.2. The average Bonchev–Trinajstić information content (AvgIpc) is 1.65. The maximum Gasteiger partial charge on any atom is 0.276 e. The van der Waals surface area contributed by atoms with Crippen molar-refractivity contribution < 1.29 is 95.8 Å². The molecule has 19 heterocycles. The Hall–Kier alpha value is -14.1. The molecule has 149 heavy (non-hydrogen) atoms. The van der Waals surface area contributed by atoms with Crippen LogP contribution in [0.4, 0.5) is 62.7 Å². The number of aliphatic hydroxyl groups excluding tert-OH is 2. The first-order chi connectivity index (χ1) is 71.5. The number of hydrogen-bond acceptors (Lipinski definition) is 34. The van der Waals surface area contributed by atoms with Crippen molar-refractivity contribution in [1.82, 2.24) is 49.5 Å². The molecular weight excluding hydrogens is 1940 g/mol. The molecule has 6 aromatic heterocycles. The van der Waals surface area contributed by atoms with E-state index in [1.165, 1.54) is 29.8 Å². The second-order valence-corrected chi connectivity index (χ2v) is 43.5. The van der Waals surface area contributed by atoms with Crippen molar-refractivity contribution >= 4 is 114 Å². The van der Waals surface area contributed by atoms with Crippen LogP contribution in [0.25, 0.3) is 10.2 Å². The summed E-state index contributed by atoms with van der Waals surface area (Å²) in [5.74, 6) is 5.18. The second kappa shape index (κ2) is 42.2. The van der Waals surface area contributed by atoms with E-state index in [9.17, 15) is 39.0 Å². The van der Waals surface area contributed by atoms with Crippen molar-refractivity contribution in [3.05, 3.63) is 169 Å². The number of nitrogens with zero attached hydrogens (tertiary/aromatic N) is 14. The Balaban J connectivity index is 0.000000113. The SMILES string of the molecule is CC1(C)COc2cc(C(=O)Nc3cc4c(cc3N3CCOCC3)OC(C)(CO)C4)nn2C1.CC1(C)Cc2cc(NC(=O)c3ccc(=O)[nH]n3)c(N3CCOCC3)cc2O1.CC1(C)Cc2cc(NC(=O)c3cnn4c3OCCC4)c(N3CCOCC3)cc2O1.CC1(C)Cc2cc(NC(=O)c3csc4c(N)ncnc34)c(N3CCOCC3)cc2O1.CC1COc2c(C(=O)Nc3cc4c(cc3N3CCOCC3)OC(C)(CO)C4)cnn2C1. The molecule has 5 fully saturated rings. The summed E-state index contributed by atoms with van der Waals surface area (Å²) in [7, 11) is 0. The normalized spacial score (nSPS) is 20.9. The number of thiophene rings is 1. The number of fused-ring (bicyclic) bond motifs is 9. The number of morpholine rings is 5. The summed E-state index contributed by atoms with van der Waals surface area (Å²) in [5, 5.41) is 55.7. The minimum Gasteiger partial charge on any atom is -0.487 e. The predicted octanol–water partition coefficient (Wildman–Crippen LogP) is 10.9. The topological polar surface area (TPSA) is 473 Å². The molecule has 0 aliphatic carbocycles. The molecule has 0 spiro atoms. The van der Waals surface area contributed by atoms with Crippen LogP contribution in [0.1, 0.15) is 162 Å². The first-order valence-corrected chi connectivity index (χ1v) is 51.7. The van der Waals surface area contributed by atoms with Crippen LogP contribution >= 0.6 is 11.3 Å². The predicted molar refractivity (Wildman–Crippen MR) is 559 cm³/mol. The largest absolute Gasteiger partial charge is 0.487 e. The smallest absolute Gasteiger partial charge is 0.276 e. The number of nitrogens with two attached hydrogens (primary N) is 1. The molecule has 5 aromatic carbocycles. The zero-order chi connectivity index (χ0) is 104. The van der Waals surface area contributed by atoms with Crippen molar-refractivity contribution in [3.8, 4) is 46.4 Å². The summed E-state index contributed by atoms with van der Waals surface area (Å²) in [6.07, 6.45) is 8.96. The van der Waals surface area contributed by atoms with Gasteiger partial charge in [0.05, 0.1) is 197 Å². The Morgan fingerprint density at radius 3 is 1.25 bits per heavy atom. The number of benzene rings is 5. The molecule has 13 aliphatic rings. The summed E-state index contributed by atoms with van der Waals surface area (Å²) in [4.78, 5) is 95.7. The lowest BCUT2D eigenvalue weighted by atomic mass is 9.94. The van der Waals surface area contributed by atoms with Crippen LogP contribution in [0.2, 0.25) is 0 Å². The maximum atomic E-state index is 13.2. The Morgan fingerprint density at radius 1 is 0.443 bits per heavy atom. The summed E-state index contributed by atoms with van der Waals surface area (Å²) in [5.41, 5.74) is 19.3. The molecule has 43 heteroatoms. The number of nitrogens with one attached hydrogen (secondary N) is 6. The van der Waals surface area contributed by atoms with Gasteiger partial charge in [0.2, 0.25) is 17.6 Å². The van der Waals surface area contributed by atoms with Crippen LogP contribution in [0.3, 0.4) is 0 Å². The van der Waals surface area contributed by atoms with Gasteiger partial charge in [0.25, 0.3) is 35.1 Å². The zero-order valence-electron chi connectivity index (χ0n) is 85.8. The van der Waals surface area contributed by atoms with Crippen molar-refractivity contribution in [2.75, 3.05) is 221 Å². The fourth-order valence-electron chi connectivity index (χ4n) is 20.5. The van der Waals surface area contributed by atoms with E-state index >= 15 is 0 Å². The van der Waals surface area contributed by atoms with E-state index in [1.54, 1.807) is 37.9 Å². The van der Waals surface area contributed by atoms with E-state index in [-0.39, 0.29) is 76.2 Å². The molecule has 10 N–H and O–H groups in total. The third kappa shape index (κ3) is 22.8. The van der Waals surface area contributed by atoms with Gasteiger partial charge in [-0.2, -0.15) is 20.4 Å². The van der Waals surface area contributed by atoms with Crippen LogP contribution in [-0.2, 0) is 75.4 Å². The average molecular weight is 2070 g/mol. The summed E-state index contributed by atoms with van der Waals surface area (Å²) in [6, 6.07) is 24.3. The number of ether oxygens (including phenoxy) is 13. The van der Waals surface area contributed by atoms with E-state index < -0.39 is 11.2 Å². The third-order valence-corrected chi connectivity index (χ3v) is 28.9. The Morgan fingerprint density at radius 2 is 0.832 bits per heavy atom. The minimum absolute atomic E-state index is 0.0321. The van der Waals surface area contributed by atoms with Crippen molar-refractivity contribution in [1.29, 1.82) is 0 Å². The number of anilines is 11. The first kappa shape index (κ1) is 102. The molecule has 11 aromatic rings. The van der Waals surface area contributed by atoms with Crippen LogP contribution in [0, 0.1) is 11.3 Å². The number of carbonyl (C=O) groups is 5. The Labute approximate surface area is 865 Å². The van der Waals surface area contributed by atoms with E-state index in [0.29, 0.717) is 180 Å². The van der Waals surface area contributed by atoms with Crippen LogP contribution in [0.15, 0.2) is 108 Å². The lowest BCUT2D eigenvalue weighted by molar-refractivity contribution is 0.0446. The molecule has 5 amide bonds. The van der Waals surface area contributed by atoms with E-state index in [1.807, 2.05) is 82.3 Å². The molecule has 790 valence electrons. The standard InChI is InChI=1S/C23H30N4O5.C22H28N4O5.C21H23N5O3S.C21H26N4O4.C19H22N4O4/c1-22(2)12-27-20(31-14-22)9-17(25-27)21(29)24-16-8-15-11-23(3,13-28)32-19(15)10-18(16)26-4-6-30-7-5-26;1-14-11-26-21(30-12-14)16(10-23-26)20(28)24-17-7-15-9-22(2,13-27)31-19(15)8-18(17)25-3-5-29-6-4-25;1-21(2)9-12-7-14(15(8-16(12)29-21)26-3-5-28-6-4-26)25-20(27)13-10-30-18-17(13)23-11-24-19(18)22;1-21(2)12-14-10-16(17(11-18(14)29-21)24-5-8-27-9-6-24)23-19(26)15-13-22-25-4-3-7-28-20(15)25;1-19(2)11-12-9-14(20-18(25)13-3-4-17(24)22-21-13)15(10-16(12)27-19)23-5-7-26-8-6-23/h8-10,28H,4-7,11-14H2,1-3H3,(H,24,29);7-8,10,14,27H,3-6,9,11-13H2,1-2H3,(H,24,28);7-8,10-11H,3-6,9H2,1-2H3,(H,25,27)(H2,22,23,24);10-11,13H,3-9,12H2,1-2H3,(H,23,26);3-4,9-10H,5-8,11H2,1-2H3,(H,20,25)(H,22,24).